The Morgan fingerprint density at radius 2 is 2.00 bits per heavy atom. The zero-order valence-corrected chi connectivity index (χ0v) is 19.1. The van der Waals surface area contributed by atoms with Crippen LogP contribution in [-0.2, 0) is 29.5 Å². The lowest BCUT2D eigenvalue weighted by molar-refractivity contribution is -0.125. The molecule has 8 nitrogen and oxygen atoms in total. The Kier molecular flexibility index (Phi) is 7.90. The number of rotatable bonds is 8. The first-order valence-electron chi connectivity index (χ1n) is 11.1. The molecule has 1 aliphatic rings. The van der Waals surface area contributed by atoms with Crippen LogP contribution in [0.25, 0.3) is 0 Å². The third-order valence-corrected chi connectivity index (χ3v) is 6.18. The van der Waals surface area contributed by atoms with Crippen molar-refractivity contribution >= 4 is 11.8 Å². The fourth-order valence-electron chi connectivity index (χ4n) is 4.37. The summed E-state index contributed by atoms with van der Waals surface area (Å²) in [5.41, 5.74) is 3.25. The highest BCUT2D eigenvalue weighted by molar-refractivity contribution is 5.79. The molecule has 0 aliphatic carbocycles. The molecule has 0 aromatic carbocycles. The number of nitrogens with one attached hydrogen (secondary N) is 2. The van der Waals surface area contributed by atoms with Crippen LogP contribution >= 0.6 is 0 Å². The summed E-state index contributed by atoms with van der Waals surface area (Å²) in [6.07, 6.45) is 5.05. The Hall–Kier alpha value is -2.61. The van der Waals surface area contributed by atoms with Gasteiger partial charge in [-0.05, 0) is 57.9 Å². The summed E-state index contributed by atoms with van der Waals surface area (Å²) in [7, 11) is 3.94. The van der Waals surface area contributed by atoms with Gasteiger partial charge in [-0.2, -0.15) is 5.10 Å². The van der Waals surface area contributed by atoms with Gasteiger partial charge < -0.3 is 20.0 Å². The molecular weight excluding hydrogens is 394 g/mol. The number of amides is 2. The molecule has 0 bridgehead atoms. The van der Waals surface area contributed by atoms with Gasteiger partial charge in [0.2, 0.25) is 11.8 Å². The highest BCUT2D eigenvalue weighted by Gasteiger charge is 2.27. The maximum Gasteiger partial charge on any atom is 0.224 e. The molecule has 0 spiro atoms. The van der Waals surface area contributed by atoms with Gasteiger partial charge in [0.15, 0.2) is 0 Å². The van der Waals surface area contributed by atoms with E-state index in [0.717, 1.165) is 42.1 Å². The van der Waals surface area contributed by atoms with Crippen molar-refractivity contribution in [1.29, 1.82) is 0 Å². The van der Waals surface area contributed by atoms with Gasteiger partial charge in [0, 0.05) is 51.3 Å². The summed E-state index contributed by atoms with van der Waals surface area (Å²) in [5, 5.41) is 10.6. The Labute approximate surface area is 184 Å². The molecule has 2 amide bonds. The average Bonchev–Trinajstić information content (AvgIpc) is 3.26. The number of likely N-dealkylation sites (N-methyl/N-ethyl adjacent to an activating group) is 1. The van der Waals surface area contributed by atoms with Gasteiger partial charge in [0.25, 0.3) is 0 Å². The zero-order chi connectivity index (χ0) is 22.4. The molecule has 8 heteroatoms. The van der Waals surface area contributed by atoms with Gasteiger partial charge >= 0.3 is 0 Å². The predicted molar refractivity (Wildman–Crippen MR) is 119 cm³/mol. The number of furan rings is 1. The van der Waals surface area contributed by atoms with E-state index >= 15 is 0 Å². The SMILES string of the molecule is Cc1nn(C)c(C)c1CCC(=O)N[C@H]1CC[C@@H](C(=O)NCCc2ccco2)CN(C)C1. The molecule has 1 fully saturated rings. The minimum Gasteiger partial charge on any atom is -0.469 e. The number of carbonyl (C=O) groups excluding carboxylic acids is 2. The van der Waals surface area contributed by atoms with E-state index in [4.69, 9.17) is 4.42 Å². The first-order valence-corrected chi connectivity index (χ1v) is 11.1. The van der Waals surface area contributed by atoms with Crippen molar-refractivity contribution in [3.63, 3.8) is 0 Å². The second-order valence-electron chi connectivity index (χ2n) is 8.65. The lowest BCUT2D eigenvalue weighted by Crippen LogP contribution is -2.42. The van der Waals surface area contributed by atoms with Crippen molar-refractivity contribution in [1.82, 2.24) is 25.3 Å². The Morgan fingerprint density at radius 1 is 1.19 bits per heavy atom. The summed E-state index contributed by atoms with van der Waals surface area (Å²) < 4.78 is 7.17. The quantitative estimate of drug-likeness (QED) is 0.667. The topological polar surface area (TPSA) is 92.4 Å². The smallest absolute Gasteiger partial charge is 0.224 e. The van der Waals surface area contributed by atoms with Gasteiger partial charge in [0.1, 0.15) is 5.76 Å². The molecule has 0 radical (unpaired) electrons. The molecule has 1 aliphatic heterocycles. The monoisotopic (exact) mass is 429 g/mol. The molecule has 3 heterocycles. The van der Waals surface area contributed by atoms with Gasteiger partial charge in [0.05, 0.1) is 17.9 Å². The fraction of sp³-hybridized carbons (Fsp3) is 0.609. The number of likely N-dealkylation sites (tertiary alicyclic amines) is 1. The number of hydrogen-bond acceptors (Lipinski definition) is 5. The van der Waals surface area contributed by atoms with E-state index in [1.807, 2.05) is 44.8 Å². The summed E-state index contributed by atoms with van der Waals surface area (Å²) in [6, 6.07) is 3.83. The van der Waals surface area contributed by atoms with Crippen molar-refractivity contribution in [2.45, 2.75) is 52.0 Å². The number of nitrogens with zero attached hydrogens (tertiary/aromatic N) is 3. The van der Waals surface area contributed by atoms with Crippen LogP contribution in [0.4, 0.5) is 0 Å². The highest BCUT2D eigenvalue weighted by Crippen LogP contribution is 2.17. The number of carbonyl (C=O) groups is 2. The van der Waals surface area contributed by atoms with E-state index in [0.29, 0.717) is 32.4 Å². The minimum atomic E-state index is -0.0656. The number of aromatic nitrogens is 2. The predicted octanol–water partition coefficient (Wildman–Crippen LogP) is 1.75. The molecular formula is C23H35N5O3. The summed E-state index contributed by atoms with van der Waals surface area (Å²) >= 11 is 0. The molecule has 2 aromatic heterocycles. The second kappa shape index (κ2) is 10.6. The van der Waals surface area contributed by atoms with Crippen LogP contribution in [0.15, 0.2) is 22.8 Å². The maximum atomic E-state index is 12.6. The summed E-state index contributed by atoms with van der Waals surface area (Å²) in [4.78, 5) is 27.3. The Balaban J connectivity index is 1.43. The van der Waals surface area contributed by atoms with Gasteiger partial charge in [-0.25, -0.2) is 0 Å². The lowest BCUT2D eigenvalue weighted by Gasteiger charge is -2.22. The van der Waals surface area contributed by atoms with E-state index in [-0.39, 0.29) is 23.8 Å². The van der Waals surface area contributed by atoms with Gasteiger partial charge in [-0.15, -0.1) is 0 Å². The normalized spacial score (nSPS) is 19.7. The van der Waals surface area contributed by atoms with Gasteiger partial charge in [-0.3, -0.25) is 14.3 Å². The van der Waals surface area contributed by atoms with E-state index in [9.17, 15) is 9.59 Å². The van der Waals surface area contributed by atoms with E-state index < -0.39 is 0 Å². The van der Waals surface area contributed by atoms with Crippen molar-refractivity contribution in [2.75, 3.05) is 26.7 Å². The number of aryl methyl sites for hydroxylation is 2. The van der Waals surface area contributed by atoms with Crippen LogP contribution in [0, 0.1) is 19.8 Å². The highest BCUT2D eigenvalue weighted by atomic mass is 16.3. The van der Waals surface area contributed by atoms with Crippen molar-refractivity contribution < 1.29 is 14.0 Å². The first kappa shape index (κ1) is 23.1. The molecule has 2 atom stereocenters. The molecule has 2 N–H and O–H groups in total. The molecule has 3 rings (SSSR count). The van der Waals surface area contributed by atoms with Crippen LogP contribution in [0.2, 0.25) is 0 Å². The van der Waals surface area contributed by atoms with Crippen LogP contribution in [0.3, 0.4) is 0 Å². The Bertz CT molecular complexity index is 874. The molecule has 0 unspecified atom stereocenters. The standard InChI is InChI=1S/C23H35N5O3/c1-16-21(17(2)28(4)26-16)9-10-22(29)25-19-8-7-18(14-27(3)15-19)23(30)24-12-11-20-6-5-13-31-20/h5-6,13,18-19H,7-12,14-15H2,1-4H3,(H,24,30)(H,25,29)/t18-,19+/m1/s1. The maximum absolute atomic E-state index is 12.6. The van der Waals surface area contributed by atoms with E-state index in [1.54, 1.807) is 6.26 Å². The lowest BCUT2D eigenvalue weighted by atomic mass is 10.0. The largest absolute Gasteiger partial charge is 0.469 e. The van der Waals surface area contributed by atoms with Crippen molar-refractivity contribution in [3.8, 4) is 0 Å². The van der Waals surface area contributed by atoms with E-state index in [1.165, 1.54) is 0 Å². The summed E-state index contributed by atoms with van der Waals surface area (Å²) in [5.74, 6) is 0.942. The van der Waals surface area contributed by atoms with Crippen molar-refractivity contribution in [2.24, 2.45) is 13.0 Å². The van der Waals surface area contributed by atoms with Crippen LogP contribution < -0.4 is 10.6 Å². The minimum absolute atomic E-state index is 0.0578. The van der Waals surface area contributed by atoms with Crippen LogP contribution in [0.1, 0.15) is 42.0 Å². The molecule has 1 saturated heterocycles. The van der Waals surface area contributed by atoms with Gasteiger partial charge in [-0.1, -0.05) is 0 Å². The van der Waals surface area contributed by atoms with E-state index in [2.05, 4.69) is 20.6 Å². The van der Waals surface area contributed by atoms with Crippen LogP contribution in [-0.4, -0.2) is 59.2 Å². The molecule has 31 heavy (non-hydrogen) atoms. The van der Waals surface area contributed by atoms with Crippen LogP contribution in [0.5, 0.6) is 0 Å². The third kappa shape index (κ3) is 6.43. The van der Waals surface area contributed by atoms with Crippen molar-refractivity contribution in [3.05, 3.63) is 41.1 Å². The second-order valence-corrected chi connectivity index (χ2v) is 8.65. The summed E-state index contributed by atoms with van der Waals surface area (Å²) in [6.45, 7) is 6.05. The molecule has 170 valence electrons. The molecule has 2 aromatic rings. The zero-order valence-electron chi connectivity index (χ0n) is 19.1. The Morgan fingerprint density at radius 3 is 2.68 bits per heavy atom. The number of hydrogen-bond donors (Lipinski definition) is 2. The molecule has 0 saturated carbocycles. The third-order valence-electron chi connectivity index (χ3n) is 6.18. The first-order chi connectivity index (χ1) is 14.8. The average molecular weight is 430 g/mol. The fourth-order valence-corrected chi connectivity index (χ4v) is 4.37.